The summed E-state index contributed by atoms with van der Waals surface area (Å²) in [6.45, 7) is 11.7. The van der Waals surface area contributed by atoms with Crippen molar-refractivity contribution in [2.75, 3.05) is 11.8 Å². The molecule has 0 saturated carbocycles. The molecule has 0 spiro atoms. The molecule has 0 amide bonds. The Kier molecular flexibility index (Phi) is 5.40. The van der Waals surface area contributed by atoms with Gasteiger partial charge in [-0.1, -0.05) is 6.07 Å². The van der Waals surface area contributed by atoms with E-state index < -0.39 is 11.2 Å². The summed E-state index contributed by atoms with van der Waals surface area (Å²) in [7, 11) is 0. The Morgan fingerprint density at radius 3 is 2.42 bits per heavy atom. The third-order valence-corrected chi connectivity index (χ3v) is 4.26. The van der Waals surface area contributed by atoms with Crippen LogP contribution in [0.1, 0.15) is 48.0 Å². The van der Waals surface area contributed by atoms with Gasteiger partial charge in [0.1, 0.15) is 23.1 Å². The monoisotopic (exact) mass is 337 g/mol. The van der Waals surface area contributed by atoms with Crippen LogP contribution in [-0.4, -0.2) is 29.9 Å². The molecule has 0 aromatic heterocycles. The first-order valence-corrected chi connectivity index (χ1v) is 8.19. The molecule has 0 bridgehead atoms. The summed E-state index contributed by atoms with van der Waals surface area (Å²) in [5.41, 5.74) is -0.119. The lowest BCUT2D eigenvalue weighted by Crippen LogP contribution is -2.41. The fraction of sp³-hybridized carbons (Fsp3) is 0.611. The largest absolute Gasteiger partial charge is 0.493 e. The van der Waals surface area contributed by atoms with E-state index in [4.69, 9.17) is 19.1 Å². The molecule has 6 nitrogen and oxygen atoms in total. The zero-order valence-corrected chi connectivity index (χ0v) is 15.3. The van der Waals surface area contributed by atoms with Crippen molar-refractivity contribution in [2.24, 2.45) is 0 Å². The van der Waals surface area contributed by atoms with Crippen molar-refractivity contribution < 1.29 is 23.9 Å². The van der Waals surface area contributed by atoms with Gasteiger partial charge in [-0.05, 0) is 46.8 Å². The molecule has 0 radical (unpaired) electrons. The summed E-state index contributed by atoms with van der Waals surface area (Å²) in [6.07, 6.45) is 0.457. The standard InChI is InChI=1S/C18H27NO5/c1-13(22-14(2)20)10-11-21-16-9-7-8-15(12-16)19-23-17(3,4)18(5,6)24-19/h7-9,12-13H,10-11H2,1-6H3. The first-order chi connectivity index (χ1) is 11.1. The lowest BCUT2D eigenvalue weighted by Gasteiger charge is -2.26. The van der Waals surface area contributed by atoms with Gasteiger partial charge < -0.3 is 9.47 Å². The van der Waals surface area contributed by atoms with Crippen LogP contribution in [0.25, 0.3) is 0 Å². The maximum absolute atomic E-state index is 10.9. The van der Waals surface area contributed by atoms with E-state index in [2.05, 4.69) is 0 Å². The zero-order valence-electron chi connectivity index (χ0n) is 15.3. The summed E-state index contributed by atoms with van der Waals surface area (Å²) in [4.78, 5) is 22.7. The van der Waals surface area contributed by atoms with Crippen molar-refractivity contribution in [2.45, 2.75) is 65.3 Å². The summed E-state index contributed by atoms with van der Waals surface area (Å²) < 4.78 is 10.8. The summed E-state index contributed by atoms with van der Waals surface area (Å²) in [5, 5.41) is 1.44. The van der Waals surface area contributed by atoms with Crippen molar-refractivity contribution in [3.63, 3.8) is 0 Å². The molecule has 0 aliphatic carbocycles. The van der Waals surface area contributed by atoms with Gasteiger partial charge in [-0.15, -0.1) is 5.23 Å². The van der Waals surface area contributed by atoms with Crippen molar-refractivity contribution in [1.29, 1.82) is 0 Å². The summed E-state index contributed by atoms with van der Waals surface area (Å²) in [6, 6.07) is 7.50. The van der Waals surface area contributed by atoms with E-state index >= 15 is 0 Å². The smallest absolute Gasteiger partial charge is 0.302 e. The highest BCUT2D eigenvalue weighted by Crippen LogP contribution is 2.40. The minimum Gasteiger partial charge on any atom is -0.493 e. The van der Waals surface area contributed by atoms with Crippen LogP contribution in [-0.2, 0) is 19.2 Å². The quantitative estimate of drug-likeness (QED) is 0.739. The lowest BCUT2D eigenvalue weighted by molar-refractivity contribution is -0.145. The van der Waals surface area contributed by atoms with Crippen molar-refractivity contribution in [3.8, 4) is 5.75 Å². The van der Waals surface area contributed by atoms with Gasteiger partial charge in [-0.3, -0.25) is 4.79 Å². The number of ether oxygens (including phenoxy) is 2. The molecule has 6 heteroatoms. The van der Waals surface area contributed by atoms with Gasteiger partial charge in [0.2, 0.25) is 0 Å². The Balaban J connectivity index is 1.94. The van der Waals surface area contributed by atoms with Gasteiger partial charge in [0, 0.05) is 19.4 Å². The van der Waals surface area contributed by atoms with Gasteiger partial charge >= 0.3 is 5.97 Å². The first-order valence-electron chi connectivity index (χ1n) is 8.19. The van der Waals surface area contributed by atoms with Crippen molar-refractivity contribution >= 4 is 11.7 Å². The SMILES string of the molecule is CC(=O)OC(C)CCOc1cccc(N2OC(C)(C)C(C)(C)O2)c1. The van der Waals surface area contributed by atoms with Gasteiger partial charge in [-0.2, -0.15) is 0 Å². The van der Waals surface area contributed by atoms with Crippen LogP contribution in [0.5, 0.6) is 5.75 Å². The second kappa shape index (κ2) is 6.99. The predicted octanol–water partition coefficient (Wildman–Crippen LogP) is 3.65. The topological polar surface area (TPSA) is 57.2 Å². The predicted molar refractivity (Wildman–Crippen MR) is 90.6 cm³/mol. The molecule has 1 unspecified atom stereocenters. The molecular weight excluding hydrogens is 310 g/mol. The Morgan fingerprint density at radius 2 is 1.83 bits per heavy atom. The van der Waals surface area contributed by atoms with Gasteiger partial charge in [0.05, 0.1) is 12.3 Å². The van der Waals surface area contributed by atoms with Crippen LogP contribution in [0.3, 0.4) is 0 Å². The molecule has 24 heavy (non-hydrogen) atoms. The maximum Gasteiger partial charge on any atom is 0.302 e. The average Bonchev–Trinajstić information content (AvgIpc) is 2.67. The molecular formula is C18H27NO5. The second-order valence-electron chi connectivity index (χ2n) is 7.01. The van der Waals surface area contributed by atoms with E-state index in [0.717, 1.165) is 5.69 Å². The molecule has 1 saturated heterocycles. The summed E-state index contributed by atoms with van der Waals surface area (Å²) >= 11 is 0. The van der Waals surface area contributed by atoms with E-state index in [9.17, 15) is 4.79 Å². The molecule has 2 rings (SSSR count). The third-order valence-electron chi connectivity index (χ3n) is 4.26. The Bertz CT molecular complexity index is 569. The van der Waals surface area contributed by atoms with Crippen LogP contribution in [0.4, 0.5) is 5.69 Å². The molecule has 1 aromatic carbocycles. The van der Waals surface area contributed by atoms with Crippen LogP contribution in [0.2, 0.25) is 0 Å². The number of hydrogen-bond donors (Lipinski definition) is 0. The lowest BCUT2D eigenvalue weighted by atomic mass is 9.90. The molecule has 1 aliphatic heterocycles. The highest BCUT2D eigenvalue weighted by Gasteiger charge is 2.50. The van der Waals surface area contributed by atoms with E-state index in [-0.39, 0.29) is 12.1 Å². The van der Waals surface area contributed by atoms with Crippen molar-refractivity contribution in [3.05, 3.63) is 24.3 Å². The highest BCUT2D eigenvalue weighted by atomic mass is 17.0. The fourth-order valence-electron chi connectivity index (χ4n) is 2.13. The van der Waals surface area contributed by atoms with E-state index in [0.29, 0.717) is 18.8 Å². The number of esters is 1. The normalized spacial score (nSPS) is 19.8. The first kappa shape index (κ1) is 18.5. The summed E-state index contributed by atoms with van der Waals surface area (Å²) in [5.74, 6) is 0.426. The Labute approximate surface area is 143 Å². The fourth-order valence-corrected chi connectivity index (χ4v) is 2.13. The number of anilines is 1. The number of carbonyl (C=O) groups is 1. The number of rotatable bonds is 6. The van der Waals surface area contributed by atoms with Crippen LogP contribution in [0.15, 0.2) is 24.3 Å². The van der Waals surface area contributed by atoms with E-state index in [1.807, 2.05) is 58.9 Å². The zero-order chi connectivity index (χ0) is 18.0. The molecule has 1 aliphatic rings. The molecule has 1 heterocycles. The van der Waals surface area contributed by atoms with Crippen LogP contribution >= 0.6 is 0 Å². The number of benzene rings is 1. The Morgan fingerprint density at radius 1 is 1.21 bits per heavy atom. The Hall–Kier alpha value is -1.79. The number of hydrogen-bond acceptors (Lipinski definition) is 6. The minimum atomic E-state index is -0.441. The van der Waals surface area contributed by atoms with E-state index in [1.54, 1.807) is 0 Å². The minimum absolute atomic E-state index is 0.169. The van der Waals surface area contributed by atoms with Gasteiger partial charge in [-0.25, -0.2) is 9.68 Å². The van der Waals surface area contributed by atoms with E-state index in [1.165, 1.54) is 12.2 Å². The average molecular weight is 337 g/mol. The van der Waals surface area contributed by atoms with Crippen LogP contribution < -0.4 is 9.96 Å². The molecule has 1 aromatic rings. The molecule has 1 atom stereocenters. The van der Waals surface area contributed by atoms with Gasteiger partial charge in [0.25, 0.3) is 0 Å². The molecule has 1 fully saturated rings. The highest BCUT2D eigenvalue weighted by molar-refractivity contribution is 5.66. The molecule has 134 valence electrons. The van der Waals surface area contributed by atoms with Gasteiger partial charge in [0.15, 0.2) is 0 Å². The number of nitrogens with zero attached hydrogens (tertiary/aromatic N) is 1. The molecule has 0 N–H and O–H groups in total. The van der Waals surface area contributed by atoms with Crippen LogP contribution in [0, 0.1) is 0 Å². The maximum atomic E-state index is 10.9. The number of carbonyl (C=O) groups excluding carboxylic acids is 1. The third kappa shape index (κ3) is 4.39. The van der Waals surface area contributed by atoms with Crippen molar-refractivity contribution in [1.82, 2.24) is 0 Å². The second-order valence-corrected chi connectivity index (χ2v) is 7.01.